The fourth-order valence-electron chi connectivity index (χ4n) is 2.08. The highest BCUT2D eigenvalue weighted by atomic mass is 16.5. The smallest absolute Gasteiger partial charge is 0.267 e. The minimum Gasteiger partial charge on any atom is -0.497 e. The van der Waals surface area contributed by atoms with Crippen molar-refractivity contribution in [2.45, 2.75) is 19.8 Å². The van der Waals surface area contributed by atoms with Crippen molar-refractivity contribution in [3.8, 4) is 5.75 Å². The van der Waals surface area contributed by atoms with Crippen molar-refractivity contribution in [1.29, 1.82) is 0 Å². The van der Waals surface area contributed by atoms with Crippen molar-refractivity contribution < 1.29 is 18.7 Å². The van der Waals surface area contributed by atoms with Gasteiger partial charge >= 0.3 is 0 Å². The molecule has 1 heterocycles. The molecule has 6 nitrogen and oxygen atoms in total. The van der Waals surface area contributed by atoms with Gasteiger partial charge in [0.25, 0.3) is 11.8 Å². The molecule has 2 rings (SSSR count). The summed E-state index contributed by atoms with van der Waals surface area (Å²) in [6, 6.07) is 10.1. The molecule has 25 heavy (non-hydrogen) atoms. The van der Waals surface area contributed by atoms with Crippen molar-refractivity contribution in [1.82, 2.24) is 10.6 Å². The summed E-state index contributed by atoms with van der Waals surface area (Å²) in [7, 11) is 1.56. The molecule has 0 saturated carbocycles. The fraction of sp³-hybridized carbons (Fsp3) is 0.263. The van der Waals surface area contributed by atoms with Gasteiger partial charge in [-0.2, -0.15) is 0 Å². The molecule has 0 unspecified atom stereocenters. The molecule has 1 aromatic carbocycles. The van der Waals surface area contributed by atoms with E-state index < -0.39 is 0 Å². The van der Waals surface area contributed by atoms with Crippen molar-refractivity contribution in [3.05, 3.63) is 59.7 Å². The Balaban J connectivity index is 2.14. The first-order valence-electron chi connectivity index (χ1n) is 8.13. The maximum Gasteiger partial charge on any atom is 0.267 e. The molecule has 2 aromatic rings. The number of methoxy groups -OCH3 is 1. The number of carbonyl (C=O) groups excluding carboxylic acids is 2. The molecule has 2 amide bonds. The molecular weight excluding hydrogens is 320 g/mol. The van der Waals surface area contributed by atoms with E-state index >= 15 is 0 Å². The molecule has 6 heteroatoms. The average molecular weight is 342 g/mol. The van der Waals surface area contributed by atoms with Gasteiger partial charge in [-0.1, -0.05) is 13.3 Å². The summed E-state index contributed by atoms with van der Waals surface area (Å²) < 4.78 is 10.3. The molecule has 0 atom stereocenters. The van der Waals surface area contributed by atoms with Gasteiger partial charge in [-0.15, -0.1) is 0 Å². The number of carbonyl (C=O) groups is 2. The van der Waals surface area contributed by atoms with Gasteiger partial charge < -0.3 is 19.8 Å². The summed E-state index contributed by atoms with van der Waals surface area (Å²) in [6.45, 7) is 2.58. The number of nitrogens with one attached hydrogen (secondary N) is 2. The van der Waals surface area contributed by atoms with E-state index in [0.717, 1.165) is 12.8 Å². The molecule has 0 saturated heterocycles. The Morgan fingerprint density at radius 1 is 1.20 bits per heavy atom. The van der Waals surface area contributed by atoms with Gasteiger partial charge in [-0.3, -0.25) is 9.59 Å². The maximum atomic E-state index is 12.4. The van der Waals surface area contributed by atoms with Crippen LogP contribution in [-0.2, 0) is 4.79 Å². The molecule has 0 aliphatic carbocycles. The number of hydrogen-bond acceptors (Lipinski definition) is 4. The second-order valence-electron chi connectivity index (χ2n) is 5.37. The van der Waals surface area contributed by atoms with E-state index in [1.807, 2.05) is 6.92 Å². The van der Waals surface area contributed by atoms with Crippen LogP contribution in [0.4, 0.5) is 0 Å². The van der Waals surface area contributed by atoms with E-state index in [1.54, 1.807) is 43.5 Å². The number of rotatable bonds is 8. The second kappa shape index (κ2) is 9.32. The van der Waals surface area contributed by atoms with Gasteiger partial charge in [0.2, 0.25) is 0 Å². The Kier molecular flexibility index (Phi) is 6.83. The summed E-state index contributed by atoms with van der Waals surface area (Å²) in [5, 5.41) is 5.43. The molecule has 0 aliphatic heterocycles. The number of amides is 2. The maximum absolute atomic E-state index is 12.4. The number of ether oxygens (including phenoxy) is 1. The first-order valence-corrected chi connectivity index (χ1v) is 8.13. The monoisotopic (exact) mass is 342 g/mol. The van der Waals surface area contributed by atoms with Gasteiger partial charge in [0.1, 0.15) is 17.2 Å². The van der Waals surface area contributed by atoms with E-state index in [1.165, 1.54) is 12.3 Å². The third kappa shape index (κ3) is 5.53. The highest BCUT2D eigenvalue weighted by molar-refractivity contribution is 6.05. The van der Waals surface area contributed by atoms with Crippen molar-refractivity contribution >= 4 is 17.9 Å². The normalized spacial score (nSPS) is 11.0. The number of benzene rings is 1. The first kappa shape index (κ1) is 18.3. The molecule has 1 aromatic heterocycles. The average Bonchev–Trinajstić information content (AvgIpc) is 3.14. The van der Waals surface area contributed by atoms with Crippen LogP contribution in [0.2, 0.25) is 0 Å². The minimum atomic E-state index is -0.383. The zero-order valence-electron chi connectivity index (χ0n) is 14.4. The van der Waals surface area contributed by atoms with Crippen molar-refractivity contribution in [2.24, 2.45) is 0 Å². The predicted molar refractivity (Wildman–Crippen MR) is 95.1 cm³/mol. The van der Waals surface area contributed by atoms with Crippen LogP contribution >= 0.6 is 0 Å². The Hall–Kier alpha value is -3.02. The zero-order chi connectivity index (χ0) is 18.1. The van der Waals surface area contributed by atoms with Gasteiger partial charge in [0.05, 0.1) is 13.4 Å². The molecule has 0 fully saturated rings. The molecule has 0 bridgehead atoms. The van der Waals surface area contributed by atoms with E-state index in [2.05, 4.69) is 10.6 Å². The highest BCUT2D eigenvalue weighted by Gasteiger charge is 2.15. The topological polar surface area (TPSA) is 80.6 Å². The Morgan fingerprint density at radius 2 is 1.96 bits per heavy atom. The zero-order valence-corrected chi connectivity index (χ0v) is 14.4. The van der Waals surface area contributed by atoms with E-state index in [4.69, 9.17) is 9.15 Å². The lowest BCUT2D eigenvalue weighted by molar-refractivity contribution is -0.117. The molecule has 2 N–H and O–H groups in total. The molecule has 132 valence electrons. The third-order valence-corrected chi connectivity index (χ3v) is 3.49. The lowest BCUT2D eigenvalue weighted by Gasteiger charge is -2.11. The second-order valence-corrected chi connectivity index (χ2v) is 5.37. The Morgan fingerprint density at radius 3 is 2.56 bits per heavy atom. The largest absolute Gasteiger partial charge is 0.497 e. The lowest BCUT2D eigenvalue weighted by Crippen LogP contribution is -2.35. The summed E-state index contributed by atoms with van der Waals surface area (Å²) in [5.41, 5.74) is 0.555. The van der Waals surface area contributed by atoms with Crippen LogP contribution in [0.1, 0.15) is 35.9 Å². The quantitative estimate of drug-likeness (QED) is 0.571. The van der Waals surface area contributed by atoms with Crippen molar-refractivity contribution in [2.75, 3.05) is 13.7 Å². The van der Waals surface area contributed by atoms with E-state index in [-0.39, 0.29) is 17.5 Å². The summed E-state index contributed by atoms with van der Waals surface area (Å²) in [4.78, 5) is 24.8. The fourth-order valence-corrected chi connectivity index (χ4v) is 2.08. The third-order valence-electron chi connectivity index (χ3n) is 3.49. The van der Waals surface area contributed by atoms with Crippen LogP contribution in [-0.4, -0.2) is 25.5 Å². The van der Waals surface area contributed by atoms with Crippen molar-refractivity contribution in [3.63, 3.8) is 0 Å². The highest BCUT2D eigenvalue weighted by Crippen LogP contribution is 2.12. The SMILES string of the molecule is CCCCNC(=O)/C(=C/c1ccco1)NC(=O)c1ccc(OC)cc1. The van der Waals surface area contributed by atoms with Gasteiger partial charge in [-0.25, -0.2) is 0 Å². The van der Waals surface area contributed by atoms with Crippen LogP contribution in [0.3, 0.4) is 0 Å². The Bertz CT molecular complexity index is 718. The molecule has 0 aliphatic rings. The van der Waals surface area contributed by atoms with Gasteiger partial charge in [0.15, 0.2) is 0 Å². The van der Waals surface area contributed by atoms with Gasteiger partial charge in [0, 0.05) is 18.2 Å². The lowest BCUT2D eigenvalue weighted by atomic mass is 10.2. The minimum absolute atomic E-state index is 0.131. The molecule has 0 radical (unpaired) electrons. The standard InChI is InChI=1S/C19H22N2O4/c1-3-4-11-20-19(23)17(13-16-6-5-12-25-16)21-18(22)14-7-9-15(24-2)10-8-14/h5-10,12-13H,3-4,11H2,1-2H3,(H,20,23)(H,21,22)/b17-13-. The predicted octanol–water partition coefficient (Wildman–Crippen LogP) is 2.98. The van der Waals surface area contributed by atoms with Gasteiger partial charge in [-0.05, 0) is 42.8 Å². The van der Waals surface area contributed by atoms with Crippen LogP contribution < -0.4 is 15.4 Å². The molecular formula is C19H22N2O4. The summed E-state index contributed by atoms with van der Waals surface area (Å²) >= 11 is 0. The van der Waals surface area contributed by atoms with Crippen LogP contribution in [0, 0.1) is 0 Å². The first-order chi connectivity index (χ1) is 12.1. The van der Waals surface area contributed by atoms with Crippen LogP contribution in [0.15, 0.2) is 52.8 Å². The number of unbranched alkanes of at least 4 members (excludes halogenated alkanes) is 1. The van der Waals surface area contributed by atoms with Crippen LogP contribution in [0.5, 0.6) is 5.75 Å². The Labute approximate surface area is 146 Å². The summed E-state index contributed by atoms with van der Waals surface area (Å²) in [6.07, 6.45) is 4.84. The van der Waals surface area contributed by atoms with E-state index in [9.17, 15) is 9.59 Å². The molecule has 0 spiro atoms. The number of hydrogen-bond donors (Lipinski definition) is 2. The number of furan rings is 1. The van der Waals surface area contributed by atoms with Crippen LogP contribution in [0.25, 0.3) is 6.08 Å². The summed E-state index contributed by atoms with van der Waals surface area (Å²) in [5.74, 6) is 0.397. The van der Waals surface area contributed by atoms with E-state index in [0.29, 0.717) is 23.6 Å².